The predicted molar refractivity (Wildman–Crippen MR) is 168 cm³/mol. The van der Waals surface area contributed by atoms with Crippen molar-refractivity contribution >= 4 is 17.6 Å². The van der Waals surface area contributed by atoms with Gasteiger partial charge in [-0.1, -0.05) is 0 Å². The Morgan fingerprint density at radius 2 is 0.423 bits per heavy atom. The SMILES string of the molecule is CCO[Si](CCC(F)(F)C(F)(F)C(F)(F)C(F)(F)C(F)(F)C(F)(F)C(F)(F)C(F)(F)F)(OCC)OCC.CO[Si](CCC(F)(F)C(F)(F)C(F)(F)C(F)(F)C(F)(F)C(F)(F)C(F)(F)C(F)(F)F)(OC)OC. The molecule has 0 radical (unpaired) electrons. The molecule has 0 spiro atoms. The van der Waals surface area contributed by atoms with Crippen LogP contribution >= 0.6 is 0 Å². The zero-order chi connectivity index (χ0) is 58.2. The summed E-state index contributed by atoms with van der Waals surface area (Å²) in [5.74, 6) is -113. The van der Waals surface area contributed by atoms with Crippen LogP contribution in [0.3, 0.4) is 0 Å². The standard InChI is InChI=1S/C16H19F17O3Si.C13H13F17O3Si/c1-4-34-37(35-5-2,36-6-3)8-7-9(17,18)10(19,20)11(21,22)12(23,24)13(25,26)14(27,28)15(29,30)16(31,32)33;1-31-34(32-2,33-3)5-4-6(14,15)7(16,17)8(18,19)9(20,21)10(22,23)11(24,25)12(26,27)13(28,29)30/h4-8H2,1-3H3;4-5H2,1-3H3. The first kappa shape index (κ1) is 70.9. The van der Waals surface area contributed by atoms with Crippen molar-refractivity contribution in [1.82, 2.24) is 0 Å². The van der Waals surface area contributed by atoms with Crippen LogP contribution in [0.1, 0.15) is 33.6 Å². The van der Waals surface area contributed by atoms with Crippen LogP contribution in [0.15, 0.2) is 0 Å². The first-order chi connectivity index (χ1) is 30.8. The molecule has 0 aliphatic heterocycles. The van der Waals surface area contributed by atoms with Gasteiger partial charge in [-0.3, -0.25) is 0 Å². The predicted octanol–water partition coefficient (Wildman–Crippen LogP) is 13.7. The van der Waals surface area contributed by atoms with Gasteiger partial charge in [-0.2, -0.15) is 149 Å². The van der Waals surface area contributed by atoms with Gasteiger partial charge in [0.1, 0.15) is 0 Å². The van der Waals surface area contributed by atoms with E-state index in [4.69, 9.17) is 13.3 Å². The molecule has 0 atom stereocenters. The number of alkyl halides is 34. The molecular weight excluding hydrogens is 1150 g/mol. The van der Waals surface area contributed by atoms with Crippen molar-refractivity contribution in [3.05, 3.63) is 0 Å². The Labute approximate surface area is 376 Å². The molecule has 0 N–H and O–H groups in total. The zero-order valence-electron chi connectivity index (χ0n) is 35.3. The summed E-state index contributed by atoms with van der Waals surface area (Å²) in [4.78, 5) is 0. The van der Waals surface area contributed by atoms with Gasteiger partial charge in [0, 0.05) is 66.1 Å². The van der Waals surface area contributed by atoms with E-state index in [9.17, 15) is 149 Å². The smallest absolute Gasteiger partial charge is 0.377 e. The van der Waals surface area contributed by atoms with Gasteiger partial charge in [0.2, 0.25) is 0 Å². The fourth-order valence-corrected chi connectivity index (χ4v) is 9.24. The number of hydrogen-bond acceptors (Lipinski definition) is 6. The molecule has 0 aromatic heterocycles. The minimum absolute atomic E-state index is 0.420. The lowest BCUT2D eigenvalue weighted by Crippen LogP contribution is -2.74. The Balaban J connectivity index is 0. The van der Waals surface area contributed by atoms with Crippen LogP contribution in [0.4, 0.5) is 149 Å². The van der Waals surface area contributed by atoms with Gasteiger partial charge in [0.25, 0.3) is 0 Å². The molecule has 0 aliphatic carbocycles. The van der Waals surface area contributed by atoms with Crippen molar-refractivity contribution in [2.75, 3.05) is 41.2 Å². The van der Waals surface area contributed by atoms with Crippen LogP contribution in [0, 0.1) is 0 Å². The van der Waals surface area contributed by atoms with Crippen molar-refractivity contribution < 1.29 is 176 Å². The number of hydrogen-bond donors (Lipinski definition) is 0. The van der Waals surface area contributed by atoms with E-state index in [-0.39, 0.29) is 0 Å². The molecule has 42 heteroatoms. The summed E-state index contributed by atoms with van der Waals surface area (Å²) in [6.07, 6.45) is -20.9. The second-order valence-electron chi connectivity index (χ2n) is 13.6. The van der Waals surface area contributed by atoms with E-state index < -0.39 is 158 Å². The van der Waals surface area contributed by atoms with Crippen LogP contribution in [-0.2, 0) is 26.6 Å². The summed E-state index contributed by atoms with van der Waals surface area (Å²) in [5.41, 5.74) is 0. The Hall–Kier alpha value is -2.19. The molecule has 71 heavy (non-hydrogen) atoms. The molecule has 0 aliphatic rings. The third-order valence-corrected chi connectivity index (χ3v) is 14.9. The minimum Gasteiger partial charge on any atom is -0.377 e. The van der Waals surface area contributed by atoms with E-state index in [1.165, 1.54) is 20.8 Å². The van der Waals surface area contributed by atoms with Crippen molar-refractivity contribution in [3.63, 3.8) is 0 Å². The Morgan fingerprint density at radius 1 is 0.254 bits per heavy atom. The zero-order valence-corrected chi connectivity index (χ0v) is 37.3. The summed E-state index contributed by atoms with van der Waals surface area (Å²) >= 11 is 0. The molecule has 0 amide bonds. The van der Waals surface area contributed by atoms with Crippen molar-refractivity contribution in [3.8, 4) is 0 Å². The molecule has 6 nitrogen and oxygen atoms in total. The Morgan fingerprint density at radius 3 is 0.592 bits per heavy atom. The van der Waals surface area contributed by atoms with Crippen molar-refractivity contribution in [1.29, 1.82) is 0 Å². The van der Waals surface area contributed by atoms with Crippen LogP contribution in [0.25, 0.3) is 0 Å². The molecule has 0 bridgehead atoms. The van der Waals surface area contributed by atoms with E-state index in [0.29, 0.717) is 21.3 Å². The quantitative estimate of drug-likeness (QED) is 0.0603. The molecule has 0 aromatic rings. The van der Waals surface area contributed by atoms with Gasteiger partial charge < -0.3 is 26.6 Å². The molecular formula is C29H32F34O6Si2. The Bertz CT molecular complexity index is 1670. The highest BCUT2D eigenvalue weighted by molar-refractivity contribution is 6.61. The highest BCUT2D eigenvalue weighted by atomic mass is 28.4. The average molecular weight is 1180 g/mol. The van der Waals surface area contributed by atoms with Gasteiger partial charge in [-0.05, 0) is 20.8 Å². The van der Waals surface area contributed by atoms with Gasteiger partial charge >= 0.3 is 113 Å². The van der Waals surface area contributed by atoms with Crippen molar-refractivity contribution in [2.24, 2.45) is 0 Å². The number of halogens is 34. The topological polar surface area (TPSA) is 55.4 Å². The van der Waals surface area contributed by atoms with Crippen LogP contribution in [0.2, 0.25) is 12.1 Å². The van der Waals surface area contributed by atoms with Gasteiger partial charge in [-0.25, -0.2) is 0 Å². The summed E-state index contributed by atoms with van der Waals surface area (Å²) in [6.45, 7) is 2.33. The molecule has 0 unspecified atom stereocenters. The third kappa shape index (κ3) is 11.6. The summed E-state index contributed by atoms with van der Waals surface area (Å²) in [5, 5.41) is 0. The molecule has 0 rings (SSSR count). The van der Waals surface area contributed by atoms with Crippen LogP contribution in [-0.4, -0.2) is 154 Å². The largest absolute Gasteiger partial charge is 0.501 e. The molecule has 0 aromatic carbocycles. The minimum atomic E-state index is -8.65. The summed E-state index contributed by atoms with van der Waals surface area (Å²) < 4.78 is 478. The second-order valence-corrected chi connectivity index (χ2v) is 19.4. The molecule has 0 fully saturated rings. The van der Waals surface area contributed by atoms with E-state index >= 15 is 0 Å². The highest BCUT2D eigenvalue weighted by Crippen LogP contribution is 2.66. The molecule has 0 heterocycles. The Kier molecular flexibility index (Phi) is 21.4. The van der Waals surface area contributed by atoms with Gasteiger partial charge in [0.15, 0.2) is 0 Å². The normalized spacial score (nSPS) is 16.1. The maximum absolute atomic E-state index is 14.1. The molecule has 0 saturated carbocycles. The molecule has 0 saturated heterocycles. The van der Waals surface area contributed by atoms with Gasteiger partial charge in [-0.15, -0.1) is 0 Å². The monoisotopic (exact) mass is 1180 g/mol. The van der Waals surface area contributed by atoms with E-state index in [0.717, 1.165) is 0 Å². The molecule has 430 valence electrons. The second kappa shape index (κ2) is 21.4. The summed E-state index contributed by atoms with van der Waals surface area (Å²) in [6, 6.07) is -3.16. The third-order valence-electron chi connectivity index (χ3n) is 9.09. The van der Waals surface area contributed by atoms with Crippen LogP contribution < -0.4 is 0 Å². The average Bonchev–Trinajstić information content (AvgIpc) is 3.19. The lowest BCUT2D eigenvalue weighted by Gasteiger charge is -2.43. The lowest BCUT2D eigenvalue weighted by atomic mass is 9.88. The van der Waals surface area contributed by atoms with Gasteiger partial charge in [0.05, 0.1) is 0 Å². The maximum atomic E-state index is 14.1. The lowest BCUT2D eigenvalue weighted by molar-refractivity contribution is -0.461. The highest BCUT2D eigenvalue weighted by Gasteiger charge is 2.97. The van der Waals surface area contributed by atoms with E-state index in [1.807, 2.05) is 0 Å². The van der Waals surface area contributed by atoms with E-state index in [2.05, 4.69) is 13.3 Å². The maximum Gasteiger partial charge on any atom is 0.501 e. The van der Waals surface area contributed by atoms with E-state index in [1.54, 1.807) is 0 Å². The number of rotatable bonds is 27. The fraction of sp³-hybridized carbons (Fsp3) is 1.00. The van der Waals surface area contributed by atoms with Crippen molar-refractivity contribution in [2.45, 2.75) is 141 Å². The first-order valence-electron chi connectivity index (χ1n) is 17.8. The van der Waals surface area contributed by atoms with Crippen LogP contribution in [0.5, 0.6) is 0 Å². The first-order valence-corrected chi connectivity index (χ1v) is 21.6. The summed E-state index contributed by atoms with van der Waals surface area (Å²) in [7, 11) is -6.80. The fourth-order valence-electron chi connectivity index (χ4n) is 4.88.